The van der Waals surface area contributed by atoms with Crippen molar-refractivity contribution < 1.29 is 14.3 Å². The molecule has 1 aromatic rings. The van der Waals surface area contributed by atoms with E-state index in [4.69, 9.17) is 4.74 Å². The Morgan fingerprint density at radius 1 is 1.04 bits per heavy atom. The Labute approximate surface area is 168 Å². The molecule has 0 aliphatic carbocycles. The zero-order chi connectivity index (χ0) is 19.8. The van der Waals surface area contributed by atoms with E-state index in [1.165, 1.54) is 31.4 Å². The van der Waals surface area contributed by atoms with Crippen LogP contribution < -0.4 is 10.2 Å². The maximum atomic E-state index is 12.6. The summed E-state index contributed by atoms with van der Waals surface area (Å²) >= 11 is 0. The molecule has 2 aliphatic rings. The van der Waals surface area contributed by atoms with Crippen molar-refractivity contribution in [2.45, 2.75) is 45.4 Å². The molecule has 0 unspecified atom stereocenters. The number of likely N-dealkylation sites (tertiary alicyclic amines) is 1. The van der Waals surface area contributed by atoms with Gasteiger partial charge in [-0.1, -0.05) is 25.0 Å². The van der Waals surface area contributed by atoms with Crippen LogP contribution in [0.15, 0.2) is 24.3 Å². The topological polar surface area (TPSA) is 61.9 Å². The van der Waals surface area contributed by atoms with Crippen LogP contribution in [-0.2, 0) is 14.3 Å². The maximum absolute atomic E-state index is 12.6. The van der Waals surface area contributed by atoms with Crippen molar-refractivity contribution in [1.29, 1.82) is 0 Å². The molecule has 2 saturated heterocycles. The van der Waals surface area contributed by atoms with Gasteiger partial charge in [0.05, 0.1) is 30.4 Å². The Morgan fingerprint density at radius 3 is 2.39 bits per heavy atom. The van der Waals surface area contributed by atoms with E-state index in [0.717, 1.165) is 18.8 Å². The van der Waals surface area contributed by atoms with Crippen molar-refractivity contribution in [2.75, 3.05) is 49.5 Å². The highest BCUT2D eigenvalue weighted by atomic mass is 16.5. The van der Waals surface area contributed by atoms with Gasteiger partial charge in [-0.15, -0.1) is 0 Å². The molecule has 28 heavy (non-hydrogen) atoms. The fourth-order valence-electron chi connectivity index (χ4n) is 4.12. The molecule has 0 aromatic heterocycles. The van der Waals surface area contributed by atoms with Crippen molar-refractivity contribution in [3.05, 3.63) is 24.3 Å². The van der Waals surface area contributed by atoms with Crippen LogP contribution in [0.2, 0.25) is 0 Å². The van der Waals surface area contributed by atoms with Gasteiger partial charge in [-0.05, 0) is 44.7 Å². The first kappa shape index (κ1) is 20.5. The van der Waals surface area contributed by atoms with Crippen molar-refractivity contribution in [3.8, 4) is 0 Å². The van der Waals surface area contributed by atoms with Gasteiger partial charge in [0.15, 0.2) is 0 Å². The van der Waals surface area contributed by atoms with Gasteiger partial charge in [0, 0.05) is 26.2 Å². The summed E-state index contributed by atoms with van der Waals surface area (Å²) in [5, 5.41) is 3.36. The van der Waals surface area contributed by atoms with Crippen molar-refractivity contribution >= 4 is 23.3 Å². The van der Waals surface area contributed by atoms with Crippen LogP contribution in [0.4, 0.5) is 11.4 Å². The lowest BCUT2D eigenvalue weighted by atomic mass is 9.97. The van der Waals surface area contributed by atoms with Crippen LogP contribution in [0.1, 0.15) is 45.4 Å². The number of piperidine rings is 1. The number of carbonyl (C=O) groups excluding carboxylic acids is 2. The third kappa shape index (κ3) is 5.40. The number of hydrogen-bond acceptors (Lipinski definition) is 5. The summed E-state index contributed by atoms with van der Waals surface area (Å²) in [6, 6.07) is 8.27. The first-order valence-electron chi connectivity index (χ1n) is 10.7. The van der Waals surface area contributed by atoms with Crippen LogP contribution >= 0.6 is 0 Å². The molecule has 0 atom stereocenters. The molecule has 154 valence electrons. The van der Waals surface area contributed by atoms with Crippen LogP contribution in [0.5, 0.6) is 0 Å². The molecule has 0 radical (unpaired) electrons. The molecule has 0 bridgehead atoms. The van der Waals surface area contributed by atoms with Crippen LogP contribution in [0, 0.1) is 5.92 Å². The zero-order valence-corrected chi connectivity index (χ0v) is 17.0. The molecular formula is C22H33N3O3. The molecule has 2 fully saturated rings. The van der Waals surface area contributed by atoms with Gasteiger partial charge >= 0.3 is 5.97 Å². The third-order valence-corrected chi connectivity index (χ3v) is 5.75. The highest BCUT2D eigenvalue weighted by Crippen LogP contribution is 2.28. The summed E-state index contributed by atoms with van der Waals surface area (Å²) in [6.07, 6.45) is 6.42. The molecular weight excluding hydrogens is 354 g/mol. The summed E-state index contributed by atoms with van der Waals surface area (Å²) < 4.78 is 5.10. The van der Waals surface area contributed by atoms with Gasteiger partial charge in [-0.25, -0.2) is 0 Å². The number of amides is 1. The Bertz CT molecular complexity index is 648. The molecule has 6 nitrogen and oxygen atoms in total. The summed E-state index contributed by atoms with van der Waals surface area (Å²) in [5.41, 5.74) is 2.22. The van der Waals surface area contributed by atoms with Gasteiger partial charge in [0.2, 0.25) is 5.91 Å². The van der Waals surface area contributed by atoms with E-state index in [2.05, 4.69) is 28.4 Å². The Morgan fingerprint density at radius 2 is 1.71 bits per heavy atom. The molecule has 1 aromatic carbocycles. The highest BCUT2D eigenvalue weighted by molar-refractivity contribution is 5.83. The molecule has 2 heterocycles. The van der Waals surface area contributed by atoms with Crippen LogP contribution in [0.3, 0.4) is 0 Å². The number of nitrogens with one attached hydrogen (secondary N) is 1. The van der Waals surface area contributed by atoms with Crippen LogP contribution in [0.25, 0.3) is 0 Å². The summed E-state index contributed by atoms with van der Waals surface area (Å²) in [4.78, 5) is 28.8. The number of carbonyl (C=O) groups is 2. The minimum Gasteiger partial charge on any atom is -0.466 e. The lowest BCUT2D eigenvalue weighted by molar-refractivity contribution is -0.151. The third-order valence-electron chi connectivity index (χ3n) is 5.75. The molecule has 2 aliphatic heterocycles. The number of ether oxygens (including phenoxy) is 1. The Hall–Kier alpha value is -2.24. The second-order valence-corrected chi connectivity index (χ2v) is 7.68. The van der Waals surface area contributed by atoms with E-state index < -0.39 is 0 Å². The standard InChI is InChI=1S/C22H33N3O3/c1-2-28-22(27)18-11-15-25(16-12-18)21(26)17-23-19-9-5-6-10-20(19)24-13-7-3-4-8-14-24/h5-6,9-10,18,23H,2-4,7-8,11-17H2,1H3. The van der Waals surface area contributed by atoms with E-state index in [0.29, 0.717) is 32.5 Å². The van der Waals surface area contributed by atoms with E-state index >= 15 is 0 Å². The average Bonchev–Trinajstić information content (AvgIpc) is 3.02. The molecule has 0 saturated carbocycles. The van der Waals surface area contributed by atoms with Crippen LogP contribution in [-0.4, -0.2) is 56.1 Å². The quantitative estimate of drug-likeness (QED) is 0.759. The lowest BCUT2D eigenvalue weighted by Crippen LogP contribution is -2.43. The molecule has 0 spiro atoms. The minimum atomic E-state index is -0.126. The highest BCUT2D eigenvalue weighted by Gasteiger charge is 2.28. The van der Waals surface area contributed by atoms with E-state index in [-0.39, 0.29) is 24.3 Å². The molecule has 6 heteroatoms. The Balaban J connectivity index is 1.52. The minimum absolute atomic E-state index is 0.0688. The molecule has 1 amide bonds. The first-order chi connectivity index (χ1) is 13.7. The van der Waals surface area contributed by atoms with E-state index in [1.807, 2.05) is 17.9 Å². The average molecular weight is 388 g/mol. The van der Waals surface area contributed by atoms with Gasteiger partial charge in [0.1, 0.15) is 0 Å². The van der Waals surface area contributed by atoms with E-state index in [9.17, 15) is 9.59 Å². The molecule has 3 rings (SSSR count). The van der Waals surface area contributed by atoms with Gasteiger partial charge in [-0.2, -0.15) is 0 Å². The number of para-hydroxylation sites is 2. The second-order valence-electron chi connectivity index (χ2n) is 7.68. The maximum Gasteiger partial charge on any atom is 0.309 e. The monoisotopic (exact) mass is 387 g/mol. The Kier molecular flexibility index (Phi) is 7.57. The summed E-state index contributed by atoms with van der Waals surface area (Å²) in [5.74, 6) is -0.104. The number of hydrogen-bond donors (Lipinski definition) is 1. The fraction of sp³-hybridized carbons (Fsp3) is 0.636. The zero-order valence-electron chi connectivity index (χ0n) is 17.0. The van der Waals surface area contributed by atoms with Gasteiger partial charge < -0.3 is 19.9 Å². The van der Waals surface area contributed by atoms with Crippen molar-refractivity contribution in [1.82, 2.24) is 4.90 Å². The summed E-state index contributed by atoms with van der Waals surface area (Å²) in [6.45, 7) is 5.93. The van der Waals surface area contributed by atoms with Crippen molar-refractivity contribution in [3.63, 3.8) is 0 Å². The summed E-state index contributed by atoms with van der Waals surface area (Å²) in [7, 11) is 0. The van der Waals surface area contributed by atoms with Crippen molar-refractivity contribution in [2.24, 2.45) is 5.92 Å². The number of esters is 1. The lowest BCUT2D eigenvalue weighted by Gasteiger charge is -2.31. The normalized spacial score (nSPS) is 18.5. The SMILES string of the molecule is CCOC(=O)C1CCN(C(=O)CNc2ccccc2N2CCCCCC2)CC1. The van der Waals surface area contributed by atoms with E-state index in [1.54, 1.807) is 0 Å². The largest absolute Gasteiger partial charge is 0.466 e. The number of benzene rings is 1. The number of nitrogens with zero attached hydrogens (tertiary/aromatic N) is 2. The predicted octanol–water partition coefficient (Wildman–Crippen LogP) is 3.28. The predicted molar refractivity (Wildman–Crippen MR) is 112 cm³/mol. The smallest absolute Gasteiger partial charge is 0.309 e. The first-order valence-corrected chi connectivity index (χ1v) is 10.7. The van der Waals surface area contributed by atoms with Gasteiger partial charge in [-0.3, -0.25) is 9.59 Å². The fourth-order valence-corrected chi connectivity index (χ4v) is 4.12. The molecule has 1 N–H and O–H groups in total. The van der Waals surface area contributed by atoms with Gasteiger partial charge in [0.25, 0.3) is 0 Å². The number of anilines is 2. The second kappa shape index (κ2) is 10.3. The number of rotatable bonds is 6.